The van der Waals surface area contributed by atoms with Crippen LogP contribution in [0.2, 0.25) is 0 Å². The van der Waals surface area contributed by atoms with Gasteiger partial charge in [-0.15, -0.1) is 5.10 Å². The average molecular weight is 420 g/mol. The minimum Gasteiger partial charge on any atom is -0.284 e. The molecule has 7 heteroatoms. The minimum atomic E-state index is -0.299. The quantitative estimate of drug-likeness (QED) is 0.542. The Labute approximate surface area is 158 Å². The molecule has 1 heterocycles. The van der Waals surface area contributed by atoms with E-state index in [4.69, 9.17) is 0 Å². The fraction of sp³-hybridized carbons (Fsp3) is 0.167. The highest BCUT2D eigenvalue weighted by atomic mass is 79.9. The molecule has 1 fully saturated rings. The first kappa shape index (κ1) is 17.8. The molecular weight excluding hydrogens is 405 g/mol. The third-order valence-electron chi connectivity index (χ3n) is 3.60. The number of benzene rings is 2. The van der Waals surface area contributed by atoms with Crippen molar-refractivity contribution in [3.05, 3.63) is 69.9 Å². The zero-order valence-corrected chi connectivity index (χ0v) is 15.8. The summed E-state index contributed by atoms with van der Waals surface area (Å²) in [6, 6.07) is 13.8. The van der Waals surface area contributed by atoms with E-state index in [-0.39, 0.29) is 17.0 Å². The molecule has 1 aliphatic heterocycles. The van der Waals surface area contributed by atoms with Crippen LogP contribution in [-0.2, 0) is 11.3 Å². The first-order chi connectivity index (χ1) is 12.0. The number of halogens is 2. The van der Waals surface area contributed by atoms with Crippen LogP contribution in [0, 0.1) is 5.82 Å². The maximum Gasteiger partial charge on any atom is 0.242 e. The number of hydrogen-bond donors (Lipinski definition) is 0. The predicted octanol–water partition coefficient (Wildman–Crippen LogP) is 4.44. The van der Waals surface area contributed by atoms with E-state index in [1.807, 2.05) is 31.2 Å². The average Bonchev–Trinajstić information content (AvgIpc) is 2.86. The van der Waals surface area contributed by atoms with Gasteiger partial charge in [0.05, 0.1) is 18.0 Å². The lowest BCUT2D eigenvalue weighted by molar-refractivity contribution is -0.126. The lowest BCUT2D eigenvalue weighted by Crippen LogP contribution is -2.30. The summed E-state index contributed by atoms with van der Waals surface area (Å²) in [5.41, 5.74) is 1.76. The molecule has 128 valence electrons. The molecule has 1 aliphatic rings. The van der Waals surface area contributed by atoms with Gasteiger partial charge in [0.1, 0.15) is 5.82 Å². The number of rotatable bonds is 4. The summed E-state index contributed by atoms with van der Waals surface area (Å²) in [4.78, 5) is 13.9. The molecule has 0 aromatic heterocycles. The number of nitrogens with zero attached hydrogens (tertiary/aromatic N) is 3. The molecule has 0 saturated carbocycles. The first-order valence-electron chi connectivity index (χ1n) is 7.62. The Balaban J connectivity index is 1.76. The molecule has 1 saturated heterocycles. The second-order valence-corrected chi connectivity index (χ2v) is 7.71. The molecule has 0 radical (unpaired) electrons. The van der Waals surface area contributed by atoms with Crippen LogP contribution in [0.25, 0.3) is 0 Å². The Kier molecular flexibility index (Phi) is 5.65. The fourth-order valence-electron chi connectivity index (χ4n) is 2.28. The monoisotopic (exact) mass is 419 g/mol. The normalized spacial score (nSPS) is 19.3. The van der Waals surface area contributed by atoms with E-state index in [9.17, 15) is 9.18 Å². The molecule has 2 aromatic carbocycles. The molecule has 25 heavy (non-hydrogen) atoms. The van der Waals surface area contributed by atoms with Gasteiger partial charge in [-0.3, -0.25) is 9.69 Å². The van der Waals surface area contributed by atoms with Crippen molar-refractivity contribution >= 4 is 45.0 Å². The van der Waals surface area contributed by atoms with Gasteiger partial charge >= 0.3 is 0 Å². The summed E-state index contributed by atoms with van der Waals surface area (Å²) in [5.74, 6) is -0.320. The van der Waals surface area contributed by atoms with Crippen molar-refractivity contribution < 1.29 is 9.18 Å². The van der Waals surface area contributed by atoms with Crippen LogP contribution in [0.15, 0.2) is 63.2 Å². The number of amides is 1. The Bertz CT molecular complexity index is 821. The topological polar surface area (TPSA) is 45.0 Å². The molecule has 0 spiro atoms. The van der Waals surface area contributed by atoms with Crippen LogP contribution in [0.1, 0.15) is 18.1 Å². The predicted molar refractivity (Wildman–Crippen MR) is 103 cm³/mol. The summed E-state index contributed by atoms with van der Waals surface area (Å²) in [7, 11) is 0. The highest BCUT2D eigenvalue weighted by Gasteiger charge is 2.35. The second-order valence-electron chi connectivity index (χ2n) is 5.49. The van der Waals surface area contributed by atoms with Crippen LogP contribution < -0.4 is 0 Å². The number of thioether (sulfide) groups is 1. The van der Waals surface area contributed by atoms with Gasteiger partial charge in [0.25, 0.3) is 0 Å². The van der Waals surface area contributed by atoms with Gasteiger partial charge in [0.2, 0.25) is 5.91 Å². The Morgan fingerprint density at radius 2 is 1.88 bits per heavy atom. The van der Waals surface area contributed by atoms with E-state index >= 15 is 0 Å². The molecular formula is C18H15BrFN3OS. The maximum absolute atomic E-state index is 13.0. The third-order valence-corrected chi connectivity index (χ3v) is 5.20. The smallest absolute Gasteiger partial charge is 0.242 e. The summed E-state index contributed by atoms with van der Waals surface area (Å²) in [5, 5.41) is 8.65. The van der Waals surface area contributed by atoms with E-state index in [0.29, 0.717) is 11.7 Å². The largest absolute Gasteiger partial charge is 0.284 e. The van der Waals surface area contributed by atoms with Crippen molar-refractivity contribution in [2.75, 3.05) is 0 Å². The standard InChI is InChI=1S/C18H15BrFN3OS/c1-12-17(24)23(11-14-4-8-16(20)9-5-14)18(25-12)22-21-10-13-2-6-15(19)7-3-13/h2-10,12H,11H2,1H3. The van der Waals surface area contributed by atoms with Crippen LogP contribution >= 0.6 is 27.7 Å². The molecule has 0 N–H and O–H groups in total. The van der Waals surface area contributed by atoms with Crippen LogP contribution in [0.4, 0.5) is 4.39 Å². The molecule has 0 bridgehead atoms. The van der Waals surface area contributed by atoms with Crippen molar-refractivity contribution in [1.82, 2.24) is 4.90 Å². The van der Waals surface area contributed by atoms with Crippen molar-refractivity contribution in [3.63, 3.8) is 0 Å². The zero-order valence-electron chi connectivity index (χ0n) is 13.4. The Hall–Kier alpha value is -1.99. The van der Waals surface area contributed by atoms with Gasteiger partial charge in [0.15, 0.2) is 5.17 Å². The number of hydrogen-bond acceptors (Lipinski definition) is 4. The summed E-state index contributed by atoms with van der Waals surface area (Å²) >= 11 is 4.75. The maximum atomic E-state index is 13.0. The van der Waals surface area contributed by atoms with Crippen LogP contribution in [0.3, 0.4) is 0 Å². The van der Waals surface area contributed by atoms with Crippen molar-refractivity contribution in [2.45, 2.75) is 18.7 Å². The molecule has 1 atom stereocenters. The van der Waals surface area contributed by atoms with E-state index < -0.39 is 0 Å². The summed E-state index contributed by atoms with van der Waals surface area (Å²) in [6.07, 6.45) is 1.64. The van der Waals surface area contributed by atoms with Crippen molar-refractivity contribution in [1.29, 1.82) is 0 Å². The molecule has 3 rings (SSSR count). The zero-order chi connectivity index (χ0) is 17.8. The summed E-state index contributed by atoms with van der Waals surface area (Å²) in [6.45, 7) is 2.19. The first-order valence-corrected chi connectivity index (χ1v) is 9.29. The fourth-order valence-corrected chi connectivity index (χ4v) is 3.46. The molecule has 2 aromatic rings. The Morgan fingerprint density at radius 3 is 2.56 bits per heavy atom. The van der Waals surface area contributed by atoms with Gasteiger partial charge in [-0.05, 0) is 42.3 Å². The van der Waals surface area contributed by atoms with Gasteiger partial charge < -0.3 is 0 Å². The van der Waals surface area contributed by atoms with E-state index in [2.05, 4.69) is 26.1 Å². The third kappa shape index (κ3) is 4.55. The van der Waals surface area contributed by atoms with Gasteiger partial charge in [-0.1, -0.05) is 52.0 Å². The SMILES string of the molecule is CC1SC(=NN=Cc2ccc(Br)cc2)N(Cc2ccc(F)cc2)C1=O. The number of carbonyl (C=O) groups excluding carboxylic acids is 1. The molecule has 4 nitrogen and oxygen atoms in total. The molecule has 1 amide bonds. The number of amidine groups is 1. The lowest BCUT2D eigenvalue weighted by atomic mass is 10.2. The number of carbonyl (C=O) groups is 1. The minimum absolute atomic E-state index is 0.0214. The van der Waals surface area contributed by atoms with Crippen LogP contribution in [0.5, 0.6) is 0 Å². The second kappa shape index (κ2) is 7.93. The highest BCUT2D eigenvalue weighted by molar-refractivity contribution is 9.10. The van der Waals surface area contributed by atoms with Gasteiger partial charge in [-0.2, -0.15) is 5.10 Å². The van der Waals surface area contributed by atoms with E-state index in [1.54, 1.807) is 23.2 Å². The van der Waals surface area contributed by atoms with E-state index in [1.165, 1.54) is 23.9 Å². The van der Waals surface area contributed by atoms with E-state index in [0.717, 1.165) is 15.6 Å². The Morgan fingerprint density at radius 1 is 1.20 bits per heavy atom. The lowest BCUT2D eigenvalue weighted by Gasteiger charge is -2.15. The van der Waals surface area contributed by atoms with Gasteiger partial charge in [0, 0.05) is 4.47 Å². The van der Waals surface area contributed by atoms with Crippen molar-refractivity contribution in [2.24, 2.45) is 10.2 Å². The van der Waals surface area contributed by atoms with Gasteiger partial charge in [-0.25, -0.2) is 4.39 Å². The van der Waals surface area contributed by atoms with Crippen molar-refractivity contribution in [3.8, 4) is 0 Å². The summed E-state index contributed by atoms with van der Waals surface area (Å²) < 4.78 is 14.0. The highest BCUT2D eigenvalue weighted by Crippen LogP contribution is 2.28. The molecule has 1 unspecified atom stereocenters. The van der Waals surface area contributed by atoms with Crippen LogP contribution in [-0.4, -0.2) is 27.4 Å². The molecule has 0 aliphatic carbocycles.